The van der Waals surface area contributed by atoms with Gasteiger partial charge in [-0.05, 0) is 43.7 Å². The molecule has 0 saturated heterocycles. The molecule has 0 saturated carbocycles. The van der Waals surface area contributed by atoms with E-state index in [2.05, 4.69) is 43.5 Å². The number of fused-ring (bicyclic) bond motifs is 1. The van der Waals surface area contributed by atoms with Gasteiger partial charge < -0.3 is 24.7 Å². The first-order chi connectivity index (χ1) is 16.8. The van der Waals surface area contributed by atoms with Crippen molar-refractivity contribution in [1.82, 2.24) is 9.55 Å². The third-order valence-corrected chi connectivity index (χ3v) is 5.75. The highest BCUT2D eigenvalue weighted by Gasteiger charge is 2.26. The summed E-state index contributed by atoms with van der Waals surface area (Å²) in [6.45, 7) is 6.90. The number of carbonyl (C=O) groups is 2. The number of aromatic nitrogens is 2. The van der Waals surface area contributed by atoms with E-state index in [1.54, 1.807) is 6.20 Å². The minimum atomic E-state index is -0.530. The Labute approximate surface area is 207 Å². The maximum Gasteiger partial charge on any atom is 0.356 e. The number of hydrogen-bond acceptors (Lipinski definition) is 6. The normalized spacial score (nSPS) is 12.1. The molecule has 1 atom stereocenters. The van der Waals surface area contributed by atoms with Crippen molar-refractivity contribution < 1.29 is 19.1 Å². The van der Waals surface area contributed by atoms with Crippen LogP contribution >= 0.6 is 0 Å². The highest BCUT2D eigenvalue weighted by molar-refractivity contribution is 6.11. The summed E-state index contributed by atoms with van der Waals surface area (Å²) < 4.78 is 11.9. The van der Waals surface area contributed by atoms with Gasteiger partial charge in [-0.2, -0.15) is 0 Å². The molecule has 8 nitrogen and oxygen atoms in total. The van der Waals surface area contributed by atoms with E-state index in [9.17, 15) is 9.59 Å². The Bertz CT molecular complexity index is 1140. The van der Waals surface area contributed by atoms with Crippen molar-refractivity contribution in [3.8, 4) is 0 Å². The molecule has 0 spiro atoms. The average Bonchev–Trinajstić information content (AvgIpc) is 3.11. The van der Waals surface area contributed by atoms with Gasteiger partial charge in [-0.25, -0.2) is 9.78 Å². The largest absolute Gasteiger partial charge is 0.464 e. The average molecular weight is 481 g/mol. The topological polar surface area (TPSA) is 94.5 Å². The molecular formula is C27H36N4O4. The standard InChI is InChI=1S/C27H36N4O4/c1-18(2)14-19(3)29-21-15-22-24(30-23(32)17-34-4)25(27(33)35-5)31(26(22)28-16-21)13-9-12-20-10-7-6-8-11-20/h6-8,10-11,15-16,18-19,29H,9,12-14,17H2,1-5H3,(H,30,32). The van der Waals surface area contributed by atoms with E-state index in [1.165, 1.54) is 19.8 Å². The van der Waals surface area contributed by atoms with Gasteiger partial charge in [0.15, 0.2) is 5.69 Å². The second kappa shape index (κ2) is 12.4. The lowest BCUT2D eigenvalue weighted by atomic mass is 10.1. The highest BCUT2D eigenvalue weighted by Crippen LogP contribution is 2.33. The van der Waals surface area contributed by atoms with Gasteiger partial charge >= 0.3 is 5.97 Å². The number of benzene rings is 1. The molecule has 2 heterocycles. The Hall–Kier alpha value is -3.39. The first-order valence-corrected chi connectivity index (χ1v) is 12.0. The van der Waals surface area contributed by atoms with Crippen LogP contribution in [0.25, 0.3) is 11.0 Å². The number of nitrogens with one attached hydrogen (secondary N) is 2. The zero-order valence-electron chi connectivity index (χ0n) is 21.3. The van der Waals surface area contributed by atoms with Crippen molar-refractivity contribution in [2.75, 3.05) is 31.5 Å². The first-order valence-electron chi connectivity index (χ1n) is 12.0. The summed E-state index contributed by atoms with van der Waals surface area (Å²) in [7, 11) is 2.79. The first kappa shape index (κ1) is 26.2. The van der Waals surface area contributed by atoms with E-state index in [1.807, 2.05) is 28.8 Å². The van der Waals surface area contributed by atoms with Crippen molar-refractivity contribution in [2.45, 2.75) is 52.6 Å². The van der Waals surface area contributed by atoms with E-state index in [0.29, 0.717) is 29.2 Å². The molecule has 1 amide bonds. The molecule has 0 aliphatic heterocycles. The van der Waals surface area contributed by atoms with Crippen LogP contribution in [0.5, 0.6) is 0 Å². The van der Waals surface area contributed by atoms with Crippen LogP contribution in [0, 0.1) is 5.92 Å². The summed E-state index contributed by atoms with van der Waals surface area (Å²) in [5.41, 5.74) is 3.33. The molecule has 1 unspecified atom stereocenters. The second-order valence-corrected chi connectivity index (χ2v) is 9.21. The van der Waals surface area contributed by atoms with E-state index >= 15 is 0 Å². The number of amides is 1. The molecule has 0 radical (unpaired) electrons. The summed E-state index contributed by atoms with van der Waals surface area (Å²) in [5, 5.41) is 7.02. The van der Waals surface area contributed by atoms with Gasteiger partial charge in [0.25, 0.3) is 0 Å². The predicted octanol–water partition coefficient (Wildman–Crippen LogP) is 4.89. The minimum Gasteiger partial charge on any atom is -0.464 e. The smallest absolute Gasteiger partial charge is 0.356 e. The summed E-state index contributed by atoms with van der Waals surface area (Å²) in [4.78, 5) is 30.1. The second-order valence-electron chi connectivity index (χ2n) is 9.21. The molecule has 0 aliphatic rings. The monoisotopic (exact) mass is 480 g/mol. The Morgan fingerprint density at radius 1 is 1.11 bits per heavy atom. The van der Waals surface area contributed by atoms with Crippen LogP contribution in [0.15, 0.2) is 42.6 Å². The van der Waals surface area contributed by atoms with Crippen LogP contribution in [0.3, 0.4) is 0 Å². The lowest BCUT2D eigenvalue weighted by Crippen LogP contribution is -2.20. The number of methoxy groups -OCH3 is 2. The van der Waals surface area contributed by atoms with Gasteiger partial charge in [0.2, 0.25) is 5.91 Å². The fourth-order valence-electron chi connectivity index (χ4n) is 4.40. The van der Waals surface area contributed by atoms with Crippen LogP contribution in [-0.2, 0) is 27.2 Å². The maximum atomic E-state index is 12.9. The summed E-state index contributed by atoms with van der Waals surface area (Å²) in [6.07, 6.45) is 4.41. The molecule has 0 aliphatic carbocycles. The lowest BCUT2D eigenvalue weighted by molar-refractivity contribution is -0.119. The SMILES string of the molecule is COCC(=O)Nc1c(C(=O)OC)n(CCCc2ccccc2)c2ncc(NC(C)CC(C)C)cc12. The van der Waals surface area contributed by atoms with Gasteiger partial charge in [0.1, 0.15) is 12.3 Å². The zero-order chi connectivity index (χ0) is 25.4. The predicted molar refractivity (Wildman–Crippen MR) is 139 cm³/mol. The number of aryl methyl sites for hydroxylation is 2. The maximum absolute atomic E-state index is 12.9. The molecule has 2 N–H and O–H groups in total. The molecular weight excluding hydrogens is 444 g/mol. The molecule has 1 aromatic carbocycles. The summed E-state index contributed by atoms with van der Waals surface area (Å²) >= 11 is 0. The van der Waals surface area contributed by atoms with Gasteiger partial charge in [0.05, 0.1) is 24.7 Å². The number of rotatable bonds is 12. The number of nitrogens with zero attached hydrogens (tertiary/aromatic N) is 2. The van der Waals surface area contributed by atoms with E-state index in [-0.39, 0.29) is 24.2 Å². The van der Waals surface area contributed by atoms with Crippen molar-refractivity contribution in [1.29, 1.82) is 0 Å². The minimum absolute atomic E-state index is 0.127. The van der Waals surface area contributed by atoms with Gasteiger partial charge in [-0.1, -0.05) is 44.2 Å². The molecule has 3 aromatic rings. The number of ether oxygens (including phenoxy) is 2. The van der Waals surface area contributed by atoms with E-state index in [0.717, 1.165) is 24.9 Å². The number of esters is 1. The Morgan fingerprint density at radius 2 is 1.86 bits per heavy atom. The third-order valence-electron chi connectivity index (χ3n) is 5.75. The van der Waals surface area contributed by atoms with Gasteiger partial charge in [0, 0.05) is 25.1 Å². The molecule has 0 bridgehead atoms. The van der Waals surface area contributed by atoms with Crippen LogP contribution in [0.1, 0.15) is 49.7 Å². The Balaban J connectivity index is 2.02. The van der Waals surface area contributed by atoms with E-state index in [4.69, 9.17) is 14.5 Å². The zero-order valence-corrected chi connectivity index (χ0v) is 21.3. The van der Waals surface area contributed by atoms with Gasteiger partial charge in [-0.15, -0.1) is 0 Å². The molecule has 188 valence electrons. The molecule has 2 aromatic heterocycles. The number of carbonyl (C=O) groups excluding carboxylic acids is 2. The summed E-state index contributed by atoms with van der Waals surface area (Å²) in [5.74, 6) is -0.333. The van der Waals surface area contributed by atoms with Gasteiger partial charge in [-0.3, -0.25) is 4.79 Å². The van der Waals surface area contributed by atoms with Crippen LogP contribution in [-0.4, -0.2) is 48.3 Å². The number of hydrogen-bond donors (Lipinski definition) is 2. The quantitative estimate of drug-likeness (QED) is 0.359. The Morgan fingerprint density at radius 3 is 2.51 bits per heavy atom. The van der Waals surface area contributed by atoms with Crippen LogP contribution in [0.4, 0.5) is 11.4 Å². The lowest BCUT2D eigenvalue weighted by Gasteiger charge is -2.17. The Kier molecular flexibility index (Phi) is 9.25. The van der Waals surface area contributed by atoms with Crippen molar-refractivity contribution in [3.05, 3.63) is 53.9 Å². The van der Waals surface area contributed by atoms with Crippen molar-refractivity contribution in [2.24, 2.45) is 5.92 Å². The van der Waals surface area contributed by atoms with Crippen LogP contribution in [0.2, 0.25) is 0 Å². The van der Waals surface area contributed by atoms with E-state index < -0.39 is 5.97 Å². The molecule has 8 heteroatoms. The fourth-order valence-corrected chi connectivity index (χ4v) is 4.40. The molecule has 35 heavy (non-hydrogen) atoms. The number of anilines is 2. The van der Waals surface area contributed by atoms with Crippen molar-refractivity contribution >= 4 is 34.3 Å². The van der Waals surface area contributed by atoms with Crippen molar-refractivity contribution in [3.63, 3.8) is 0 Å². The molecule has 3 rings (SSSR count). The molecule has 0 fully saturated rings. The third kappa shape index (κ3) is 6.82. The summed E-state index contributed by atoms with van der Waals surface area (Å²) in [6, 6.07) is 12.4. The van der Waals surface area contributed by atoms with Crippen LogP contribution < -0.4 is 10.6 Å². The fraction of sp³-hybridized carbons (Fsp3) is 0.444. The number of pyridine rings is 1. The highest BCUT2D eigenvalue weighted by atomic mass is 16.5.